The molecule has 0 aromatic heterocycles. The number of nitrogens with zero attached hydrogens (tertiary/aromatic N) is 3. The van der Waals surface area contributed by atoms with Crippen LogP contribution in [-0.4, -0.2) is 28.0 Å². The predicted molar refractivity (Wildman–Crippen MR) is 147 cm³/mol. The van der Waals surface area contributed by atoms with E-state index in [2.05, 4.69) is 40.2 Å². The molecule has 0 atom stereocenters. The Balaban J connectivity index is 1.48. The summed E-state index contributed by atoms with van der Waals surface area (Å²) in [4.78, 5) is 25.9. The molecule has 3 aromatic carbocycles. The number of rotatable bonds is 9. The third-order valence-electron chi connectivity index (χ3n) is 4.30. The molecule has 0 radical (unpaired) electrons. The Kier molecular flexibility index (Phi) is 9.77. The van der Waals surface area contributed by atoms with Crippen LogP contribution in [0.25, 0.3) is 0 Å². The van der Waals surface area contributed by atoms with Gasteiger partial charge >= 0.3 is 128 Å². The van der Waals surface area contributed by atoms with Gasteiger partial charge in [-0.3, -0.25) is 0 Å². The first-order chi connectivity index (χ1) is 16.4. The fraction of sp³-hybridized carbons (Fsp3) is 0.125. The zero-order valence-corrected chi connectivity index (χ0v) is 22.4. The molecule has 10 heteroatoms. The second-order valence-corrected chi connectivity index (χ2v) is 18.1. The van der Waals surface area contributed by atoms with E-state index in [4.69, 9.17) is 14.7 Å². The van der Waals surface area contributed by atoms with Crippen LogP contribution in [0.4, 0.5) is 21.9 Å². The molecule has 1 amide bonds. The maximum atomic E-state index is 12.5. The van der Waals surface area contributed by atoms with Gasteiger partial charge in [-0.2, -0.15) is 15.5 Å². The summed E-state index contributed by atoms with van der Waals surface area (Å²) < 4.78 is 10.5. The van der Waals surface area contributed by atoms with Crippen molar-refractivity contribution < 1.29 is 19.1 Å². The number of hydrogen-bond donors (Lipinski definition) is 1. The third-order valence-corrected chi connectivity index (χ3v) is 8.06. The van der Waals surface area contributed by atoms with Gasteiger partial charge in [-0.05, 0) is 48.5 Å². The minimum atomic E-state index is -1.62. The van der Waals surface area contributed by atoms with Crippen LogP contribution in [0.3, 0.4) is 0 Å². The van der Waals surface area contributed by atoms with E-state index < -0.39 is 15.8 Å². The summed E-state index contributed by atoms with van der Waals surface area (Å²) in [7, 11) is 0. The van der Waals surface area contributed by atoms with Crippen molar-refractivity contribution in [2.75, 3.05) is 23.5 Å². The first kappa shape index (κ1) is 25.6. The van der Waals surface area contributed by atoms with Gasteiger partial charge in [-0.15, -0.1) is 0 Å². The van der Waals surface area contributed by atoms with Gasteiger partial charge in [0.1, 0.15) is 0 Å². The van der Waals surface area contributed by atoms with Crippen LogP contribution in [0.5, 0.6) is 5.75 Å². The monoisotopic (exact) mass is 682 g/mol. The number of nitrogens with one attached hydrogen (secondary N) is 1. The van der Waals surface area contributed by atoms with Crippen LogP contribution in [0.1, 0.15) is 15.9 Å². The van der Waals surface area contributed by atoms with Crippen molar-refractivity contribution in [3.63, 3.8) is 0 Å². The van der Waals surface area contributed by atoms with E-state index in [9.17, 15) is 9.59 Å². The van der Waals surface area contributed by atoms with Crippen molar-refractivity contribution in [2.45, 2.75) is 0 Å². The Labute approximate surface area is 213 Å². The van der Waals surface area contributed by atoms with E-state index in [1.807, 2.05) is 4.93 Å². The van der Waals surface area contributed by atoms with Crippen LogP contribution >= 0.6 is 34.5 Å². The Morgan fingerprint density at radius 2 is 1.53 bits per heavy atom. The Bertz CT molecular complexity index is 1190. The molecule has 0 heterocycles. The SMILES string of the molecule is CI(I)C(=O)OCCOc1ccc(C(=O)Nc2ccc(N=Nc3ccc(C#N)cc3)cc2)cc1. The number of alkyl halides is 1. The number of azo groups is 1. The number of halogens is 2. The molecule has 1 N–H and O–H groups in total. The summed E-state index contributed by atoms with van der Waals surface area (Å²) in [6.07, 6.45) is 0. The number of anilines is 1. The number of carbonyl (C=O) groups excluding carboxylic acids is 2. The van der Waals surface area contributed by atoms with Gasteiger partial charge in [0.05, 0.1) is 23.0 Å². The molecular formula is C24H20I2N4O4. The number of benzene rings is 3. The molecule has 3 rings (SSSR count). The summed E-state index contributed by atoms with van der Waals surface area (Å²) in [5.74, 6) is 0.333. The third kappa shape index (κ3) is 8.07. The van der Waals surface area contributed by atoms with Crippen LogP contribution in [0.2, 0.25) is 0 Å². The zero-order valence-electron chi connectivity index (χ0n) is 18.1. The van der Waals surface area contributed by atoms with E-state index in [1.54, 1.807) is 72.8 Å². The van der Waals surface area contributed by atoms with Crippen LogP contribution < -0.4 is 10.1 Å². The molecule has 0 aliphatic rings. The van der Waals surface area contributed by atoms with Gasteiger partial charge in [0.25, 0.3) is 0 Å². The second kappa shape index (κ2) is 13.0. The fourth-order valence-electron chi connectivity index (χ4n) is 2.59. The van der Waals surface area contributed by atoms with E-state index in [1.165, 1.54) is 0 Å². The van der Waals surface area contributed by atoms with Gasteiger partial charge in [0, 0.05) is 0 Å². The molecule has 174 valence electrons. The van der Waals surface area contributed by atoms with Crippen LogP contribution in [0.15, 0.2) is 83.0 Å². The van der Waals surface area contributed by atoms with E-state index in [-0.39, 0.29) is 23.1 Å². The molecule has 0 unspecified atom stereocenters. The summed E-state index contributed by atoms with van der Waals surface area (Å²) >= 11 is 0.522. The van der Waals surface area contributed by atoms with Crippen molar-refractivity contribution in [1.82, 2.24) is 0 Å². The first-order valence-electron chi connectivity index (χ1n) is 9.94. The molecule has 3 aromatic rings. The number of amides is 1. The molecule has 0 saturated carbocycles. The Morgan fingerprint density at radius 3 is 2.09 bits per heavy atom. The molecule has 0 aliphatic heterocycles. The first-order valence-corrected chi connectivity index (χ1v) is 19.5. The standard InChI is InChI=1S/C24H20I2N4O4/c1-26(25)24(32)34-15-14-33-22-12-4-18(5-13-22)23(31)28-19-8-10-21(11-9-19)30-29-20-6-2-17(16-27)3-7-20/h2-13H,14-15H2,1H3,(H,28,31). The second-order valence-electron chi connectivity index (χ2n) is 6.72. The fourth-order valence-corrected chi connectivity index (χ4v) is 4.03. The van der Waals surface area contributed by atoms with Gasteiger partial charge < -0.3 is 0 Å². The molecule has 0 aliphatic carbocycles. The number of hydrogen-bond acceptors (Lipinski definition) is 7. The molecule has 0 bridgehead atoms. The van der Waals surface area contributed by atoms with Gasteiger partial charge in [-0.25, -0.2) is 0 Å². The Hall–Kier alpha value is -3.05. The average Bonchev–Trinajstić information content (AvgIpc) is 2.86. The number of carbonyl (C=O) groups is 2. The van der Waals surface area contributed by atoms with E-state index in [0.717, 1.165) is 0 Å². The van der Waals surface area contributed by atoms with E-state index >= 15 is 0 Å². The molecular weight excluding hydrogens is 662 g/mol. The molecule has 0 saturated heterocycles. The maximum absolute atomic E-state index is 12.5. The van der Waals surface area contributed by atoms with Gasteiger partial charge in [-0.1, -0.05) is 0 Å². The summed E-state index contributed by atoms with van der Waals surface area (Å²) in [6.45, 7) is 0.460. The molecule has 0 fully saturated rings. The summed E-state index contributed by atoms with van der Waals surface area (Å²) in [6, 6.07) is 22.5. The van der Waals surface area contributed by atoms with Gasteiger partial charge in [0.2, 0.25) is 0 Å². The van der Waals surface area contributed by atoms with Crippen molar-refractivity contribution in [3.05, 3.63) is 83.9 Å². The normalized spacial score (nSPS) is 10.9. The van der Waals surface area contributed by atoms with Crippen molar-refractivity contribution in [1.29, 1.82) is 5.26 Å². The molecule has 34 heavy (non-hydrogen) atoms. The van der Waals surface area contributed by atoms with Crippen molar-refractivity contribution in [3.8, 4) is 11.8 Å². The summed E-state index contributed by atoms with van der Waals surface area (Å²) in [5, 5.41) is 19.9. The Morgan fingerprint density at radius 1 is 0.941 bits per heavy atom. The minimum absolute atomic E-state index is 0.122. The van der Waals surface area contributed by atoms with Crippen molar-refractivity contribution in [2.24, 2.45) is 10.2 Å². The molecule has 0 spiro atoms. The van der Waals surface area contributed by atoms with Crippen molar-refractivity contribution >= 4 is 61.4 Å². The quantitative estimate of drug-likeness (QED) is 0.0842. The topological polar surface area (TPSA) is 113 Å². The zero-order chi connectivity index (χ0) is 24.3. The van der Waals surface area contributed by atoms with Crippen LogP contribution in [0, 0.1) is 11.3 Å². The van der Waals surface area contributed by atoms with E-state index in [0.29, 0.717) is 33.9 Å². The average molecular weight is 682 g/mol. The van der Waals surface area contributed by atoms with Crippen LogP contribution in [-0.2, 0) is 4.74 Å². The summed E-state index contributed by atoms with van der Waals surface area (Å²) in [5.41, 5.74) is 2.94. The predicted octanol–water partition coefficient (Wildman–Crippen LogP) is 7.23. The number of nitriles is 1. The number of ether oxygens (including phenoxy) is 2. The molecule has 8 nitrogen and oxygen atoms in total. The van der Waals surface area contributed by atoms with Gasteiger partial charge in [0.15, 0.2) is 0 Å².